The fourth-order valence-electron chi connectivity index (χ4n) is 1.00. The minimum Gasteiger partial charge on any atom is -0.444 e. The van der Waals surface area contributed by atoms with Crippen LogP contribution in [-0.2, 0) is 9.47 Å². The highest BCUT2D eigenvalue weighted by Gasteiger charge is 2.15. The molecular weight excluding hydrogens is 206 g/mol. The van der Waals surface area contributed by atoms with Crippen molar-refractivity contribution in [1.82, 2.24) is 5.32 Å². The number of carbonyl (C=O) groups excluding carboxylic acids is 1. The zero-order chi connectivity index (χ0) is 12.4. The van der Waals surface area contributed by atoms with Crippen molar-refractivity contribution in [3.8, 4) is 0 Å². The standard InChI is InChI=1S/C12H23NO3/c1-5-9-15-10-7-6-8-13-11(14)16-12(2,3)4/h5H,1,6-10H2,2-4H3,(H,13,14). The number of rotatable bonds is 7. The molecular formula is C12H23NO3. The van der Waals surface area contributed by atoms with Gasteiger partial charge < -0.3 is 14.8 Å². The summed E-state index contributed by atoms with van der Waals surface area (Å²) in [5, 5.41) is 2.69. The summed E-state index contributed by atoms with van der Waals surface area (Å²) < 4.78 is 10.3. The van der Waals surface area contributed by atoms with Gasteiger partial charge in [-0.05, 0) is 33.6 Å². The van der Waals surface area contributed by atoms with E-state index in [1.807, 2.05) is 20.8 Å². The Kier molecular flexibility index (Phi) is 7.64. The summed E-state index contributed by atoms with van der Waals surface area (Å²) in [4.78, 5) is 11.2. The maximum atomic E-state index is 11.2. The normalized spacial score (nSPS) is 10.9. The molecule has 0 aromatic carbocycles. The molecule has 0 bridgehead atoms. The topological polar surface area (TPSA) is 47.6 Å². The van der Waals surface area contributed by atoms with Crippen molar-refractivity contribution in [2.45, 2.75) is 39.2 Å². The van der Waals surface area contributed by atoms with Crippen molar-refractivity contribution < 1.29 is 14.3 Å². The molecule has 0 aromatic heterocycles. The molecule has 0 saturated carbocycles. The summed E-state index contributed by atoms with van der Waals surface area (Å²) in [5.74, 6) is 0. The van der Waals surface area contributed by atoms with Crippen LogP contribution in [0.25, 0.3) is 0 Å². The number of nitrogens with one attached hydrogen (secondary N) is 1. The van der Waals surface area contributed by atoms with Crippen LogP contribution in [0.5, 0.6) is 0 Å². The number of hydrogen-bond acceptors (Lipinski definition) is 3. The quantitative estimate of drug-likeness (QED) is 0.539. The Labute approximate surface area is 98.0 Å². The van der Waals surface area contributed by atoms with E-state index in [0.29, 0.717) is 19.8 Å². The molecule has 0 atom stereocenters. The maximum Gasteiger partial charge on any atom is 0.407 e. The van der Waals surface area contributed by atoms with Crippen LogP contribution in [0, 0.1) is 0 Å². The van der Waals surface area contributed by atoms with E-state index < -0.39 is 5.60 Å². The van der Waals surface area contributed by atoms with Crippen LogP contribution in [0.3, 0.4) is 0 Å². The average molecular weight is 229 g/mol. The van der Waals surface area contributed by atoms with Gasteiger partial charge in [-0.3, -0.25) is 0 Å². The lowest BCUT2D eigenvalue weighted by Crippen LogP contribution is -2.33. The minimum absolute atomic E-state index is 0.362. The van der Waals surface area contributed by atoms with Gasteiger partial charge in [-0.1, -0.05) is 6.08 Å². The molecule has 16 heavy (non-hydrogen) atoms. The number of unbranched alkanes of at least 4 members (excludes halogenated alkanes) is 1. The molecule has 0 fully saturated rings. The van der Waals surface area contributed by atoms with Gasteiger partial charge in [0.2, 0.25) is 0 Å². The molecule has 4 heteroatoms. The van der Waals surface area contributed by atoms with Crippen LogP contribution in [-0.4, -0.2) is 31.5 Å². The van der Waals surface area contributed by atoms with Crippen LogP contribution < -0.4 is 5.32 Å². The summed E-state index contributed by atoms with van der Waals surface area (Å²) >= 11 is 0. The van der Waals surface area contributed by atoms with E-state index in [1.54, 1.807) is 6.08 Å². The number of ether oxygens (including phenoxy) is 2. The van der Waals surface area contributed by atoms with Crippen LogP contribution in [0.4, 0.5) is 4.79 Å². The monoisotopic (exact) mass is 229 g/mol. The van der Waals surface area contributed by atoms with Gasteiger partial charge in [0, 0.05) is 13.2 Å². The summed E-state index contributed by atoms with van der Waals surface area (Å²) in [6.45, 7) is 11.0. The molecule has 4 nitrogen and oxygen atoms in total. The van der Waals surface area contributed by atoms with Gasteiger partial charge in [-0.15, -0.1) is 6.58 Å². The predicted molar refractivity (Wildman–Crippen MR) is 64.5 cm³/mol. The van der Waals surface area contributed by atoms with Crippen molar-refractivity contribution in [2.24, 2.45) is 0 Å². The van der Waals surface area contributed by atoms with Crippen molar-refractivity contribution in [1.29, 1.82) is 0 Å². The Bertz CT molecular complexity index is 209. The molecule has 0 saturated heterocycles. The van der Waals surface area contributed by atoms with E-state index >= 15 is 0 Å². The van der Waals surface area contributed by atoms with Gasteiger partial charge in [-0.2, -0.15) is 0 Å². The largest absolute Gasteiger partial charge is 0.444 e. The highest BCUT2D eigenvalue weighted by molar-refractivity contribution is 5.67. The third-order valence-corrected chi connectivity index (χ3v) is 1.62. The second-order valence-electron chi connectivity index (χ2n) is 4.50. The Balaban J connectivity index is 3.31. The average Bonchev–Trinajstić information content (AvgIpc) is 2.13. The molecule has 0 aromatic rings. The van der Waals surface area contributed by atoms with E-state index in [-0.39, 0.29) is 6.09 Å². The lowest BCUT2D eigenvalue weighted by Gasteiger charge is -2.19. The molecule has 0 aliphatic heterocycles. The molecule has 0 heterocycles. The summed E-state index contributed by atoms with van der Waals surface area (Å²) in [6, 6.07) is 0. The van der Waals surface area contributed by atoms with Crippen LogP contribution in [0.1, 0.15) is 33.6 Å². The minimum atomic E-state index is -0.433. The Morgan fingerprint density at radius 2 is 2.06 bits per heavy atom. The first kappa shape index (κ1) is 15.0. The smallest absolute Gasteiger partial charge is 0.407 e. The Morgan fingerprint density at radius 3 is 2.62 bits per heavy atom. The predicted octanol–water partition coefficient (Wildman–Crippen LogP) is 2.49. The number of amides is 1. The molecule has 1 N–H and O–H groups in total. The van der Waals surface area contributed by atoms with Gasteiger partial charge in [0.05, 0.1) is 6.61 Å². The molecule has 0 rings (SSSR count). The van der Waals surface area contributed by atoms with Gasteiger partial charge >= 0.3 is 6.09 Å². The van der Waals surface area contributed by atoms with Crippen molar-refractivity contribution >= 4 is 6.09 Å². The molecule has 1 amide bonds. The van der Waals surface area contributed by atoms with Gasteiger partial charge in [0.25, 0.3) is 0 Å². The molecule has 0 radical (unpaired) electrons. The first-order valence-electron chi connectivity index (χ1n) is 5.61. The first-order chi connectivity index (χ1) is 7.45. The van der Waals surface area contributed by atoms with Gasteiger partial charge in [0.15, 0.2) is 0 Å². The highest BCUT2D eigenvalue weighted by atomic mass is 16.6. The third kappa shape index (κ3) is 11.0. The van der Waals surface area contributed by atoms with Crippen LogP contribution >= 0.6 is 0 Å². The van der Waals surface area contributed by atoms with E-state index in [9.17, 15) is 4.79 Å². The third-order valence-electron chi connectivity index (χ3n) is 1.62. The van der Waals surface area contributed by atoms with Crippen LogP contribution in [0.15, 0.2) is 12.7 Å². The second kappa shape index (κ2) is 8.16. The van der Waals surface area contributed by atoms with Crippen molar-refractivity contribution in [2.75, 3.05) is 19.8 Å². The summed E-state index contributed by atoms with van der Waals surface area (Å²) in [5.41, 5.74) is -0.433. The lowest BCUT2D eigenvalue weighted by molar-refractivity contribution is 0.0525. The van der Waals surface area contributed by atoms with Gasteiger partial charge in [-0.25, -0.2) is 4.79 Å². The maximum absolute atomic E-state index is 11.2. The van der Waals surface area contributed by atoms with E-state index in [2.05, 4.69) is 11.9 Å². The van der Waals surface area contributed by atoms with Crippen molar-refractivity contribution in [3.63, 3.8) is 0 Å². The molecule has 0 aliphatic carbocycles. The second-order valence-corrected chi connectivity index (χ2v) is 4.50. The van der Waals surface area contributed by atoms with E-state index in [1.165, 1.54) is 0 Å². The summed E-state index contributed by atoms with van der Waals surface area (Å²) in [6.07, 6.45) is 3.17. The number of alkyl carbamates (subject to hydrolysis) is 1. The SMILES string of the molecule is C=CCOCCCCNC(=O)OC(C)(C)C. The van der Waals surface area contributed by atoms with E-state index in [4.69, 9.17) is 9.47 Å². The zero-order valence-electron chi connectivity index (χ0n) is 10.5. The molecule has 0 aliphatic rings. The Hall–Kier alpha value is -1.03. The molecule has 0 spiro atoms. The fraction of sp³-hybridized carbons (Fsp3) is 0.750. The van der Waals surface area contributed by atoms with E-state index in [0.717, 1.165) is 12.8 Å². The molecule has 94 valence electrons. The Morgan fingerprint density at radius 1 is 1.38 bits per heavy atom. The highest BCUT2D eigenvalue weighted by Crippen LogP contribution is 2.06. The fourth-order valence-corrected chi connectivity index (χ4v) is 1.00. The summed E-state index contributed by atoms with van der Waals surface area (Å²) in [7, 11) is 0. The number of carbonyl (C=O) groups is 1. The lowest BCUT2D eigenvalue weighted by atomic mass is 10.2. The molecule has 0 unspecified atom stereocenters. The first-order valence-corrected chi connectivity index (χ1v) is 5.61. The van der Waals surface area contributed by atoms with Crippen molar-refractivity contribution in [3.05, 3.63) is 12.7 Å². The zero-order valence-corrected chi connectivity index (χ0v) is 10.5. The van der Waals surface area contributed by atoms with Crippen LogP contribution in [0.2, 0.25) is 0 Å². The number of hydrogen-bond donors (Lipinski definition) is 1. The van der Waals surface area contributed by atoms with Gasteiger partial charge in [0.1, 0.15) is 5.60 Å².